The normalized spacial score (nSPS) is 19.1. The second-order valence-electron chi connectivity index (χ2n) is 8.97. The summed E-state index contributed by atoms with van der Waals surface area (Å²) in [7, 11) is 0. The van der Waals surface area contributed by atoms with Crippen molar-refractivity contribution >= 4 is 40.2 Å². The molecular weight excluding hydrogens is 470 g/mol. The standard InChI is InChI=1S/C24H24ClN7OS/c25-21-18(10-14-3-7-28-22(14)31-21)34-19-12-29-23(17(13-33)30-19)32-8-4-24(5-9-32)11-16-15(20(24)26)2-1-6-27-16/h1-3,6-7,10,12,20,33H,4-5,8-9,11,13,26H2,(H,28,31)/t20-/m1/s1. The van der Waals surface area contributed by atoms with E-state index in [4.69, 9.17) is 22.3 Å². The van der Waals surface area contributed by atoms with Crippen LogP contribution in [0.4, 0.5) is 5.82 Å². The van der Waals surface area contributed by atoms with Gasteiger partial charge in [0.15, 0.2) is 5.82 Å². The minimum Gasteiger partial charge on any atom is -0.390 e. The summed E-state index contributed by atoms with van der Waals surface area (Å²) in [6, 6.07) is 8.01. The SMILES string of the molecule is N[C@@H]1c2cccnc2CC12CCN(c1ncc(Sc3cc4cc[nH]c4nc3Cl)nc1CO)CC2. The molecule has 4 N–H and O–H groups in total. The lowest BCUT2D eigenvalue weighted by molar-refractivity contribution is 0.186. The number of nitrogens with two attached hydrogens (primary N) is 1. The molecule has 6 rings (SSSR count). The summed E-state index contributed by atoms with van der Waals surface area (Å²) >= 11 is 7.76. The molecule has 10 heteroatoms. The molecule has 1 atom stereocenters. The second-order valence-corrected chi connectivity index (χ2v) is 10.4. The van der Waals surface area contributed by atoms with Crippen LogP contribution >= 0.6 is 23.4 Å². The number of piperidine rings is 1. The van der Waals surface area contributed by atoms with Crippen molar-refractivity contribution in [3.8, 4) is 0 Å². The lowest BCUT2D eigenvalue weighted by Crippen LogP contribution is -2.45. The Morgan fingerprint density at radius 1 is 1.24 bits per heavy atom. The highest BCUT2D eigenvalue weighted by molar-refractivity contribution is 7.99. The largest absolute Gasteiger partial charge is 0.390 e. The van der Waals surface area contributed by atoms with Crippen LogP contribution in [0.5, 0.6) is 0 Å². The first-order valence-electron chi connectivity index (χ1n) is 11.3. The van der Waals surface area contributed by atoms with E-state index in [-0.39, 0.29) is 18.1 Å². The molecular formula is C24H24ClN7OS. The molecule has 174 valence electrons. The Hall–Kier alpha value is -2.72. The van der Waals surface area contributed by atoms with E-state index in [0.29, 0.717) is 15.9 Å². The molecule has 8 nitrogen and oxygen atoms in total. The van der Waals surface area contributed by atoms with Crippen molar-refractivity contribution in [1.82, 2.24) is 24.9 Å². The van der Waals surface area contributed by atoms with Gasteiger partial charge >= 0.3 is 0 Å². The van der Waals surface area contributed by atoms with E-state index >= 15 is 0 Å². The van der Waals surface area contributed by atoms with E-state index < -0.39 is 0 Å². The van der Waals surface area contributed by atoms with Crippen molar-refractivity contribution in [3.63, 3.8) is 0 Å². The van der Waals surface area contributed by atoms with Crippen molar-refractivity contribution < 1.29 is 5.11 Å². The van der Waals surface area contributed by atoms with Gasteiger partial charge in [0, 0.05) is 42.6 Å². The van der Waals surface area contributed by atoms with Gasteiger partial charge in [0.05, 0.1) is 17.7 Å². The monoisotopic (exact) mass is 493 g/mol. The lowest BCUT2D eigenvalue weighted by atomic mass is 9.73. The van der Waals surface area contributed by atoms with Crippen LogP contribution in [-0.2, 0) is 13.0 Å². The van der Waals surface area contributed by atoms with Gasteiger partial charge in [-0.3, -0.25) is 4.98 Å². The summed E-state index contributed by atoms with van der Waals surface area (Å²) in [4.78, 5) is 24.4. The number of halogens is 1. The van der Waals surface area contributed by atoms with Gasteiger partial charge in [0.2, 0.25) is 0 Å². The quantitative estimate of drug-likeness (QED) is 0.366. The van der Waals surface area contributed by atoms with Crippen molar-refractivity contribution in [2.45, 2.75) is 41.8 Å². The summed E-state index contributed by atoms with van der Waals surface area (Å²) < 4.78 is 0. The number of nitrogens with zero attached hydrogens (tertiary/aromatic N) is 5. The Morgan fingerprint density at radius 3 is 2.88 bits per heavy atom. The smallest absolute Gasteiger partial charge is 0.152 e. The highest BCUT2D eigenvalue weighted by Gasteiger charge is 2.46. The van der Waals surface area contributed by atoms with Crippen LogP contribution in [0.1, 0.15) is 35.8 Å². The van der Waals surface area contributed by atoms with Crippen molar-refractivity contribution in [1.29, 1.82) is 0 Å². The molecule has 4 aromatic heterocycles. The highest BCUT2D eigenvalue weighted by atomic mass is 35.5. The summed E-state index contributed by atoms with van der Waals surface area (Å²) in [5, 5.41) is 12.1. The van der Waals surface area contributed by atoms with Gasteiger partial charge in [-0.15, -0.1) is 0 Å². The lowest BCUT2D eigenvalue weighted by Gasteiger charge is -2.42. The summed E-state index contributed by atoms with van der Waals surface area (Å²) in [6.07, 6.45) is 8.24. The first kappa shape index (κ1) is 21.8. The molecule has 0 aromatic carbocycles. The second kappa shape index (κ2) is 8.49. The Kier molecular flexibility index (Phi) is 5.44. The van der Waals surface area contributed by atoms with Gasteiger partial charge in [0.25, 0.3) is 0 Å². The minimum absolute atomic E-state index is 0.0104. The predicted molar refractivity (Wildman–Crippen MR) is 132 cm³/mol. The van der Waals surface area contributed by atoms with E-state index in [1.165, 1.54) is 17.3 Å². The van der Waals surface area contributed by atoms with E-state index in [0.717, 1.165) is 59.8 Å². The van der Waals surface area contributed by atoms with Crippen LogP contribution in [0.15, 0.2) is 52.8 Å². The zero-order valence-corrected chi connectivity index (χ0v) is 20.0. The number of rotatable bonds is 4. The van der Waals surface area contributed by atoms with E-state index in [2.05, 4.69) is 30.9 Å². The van der Waals surface area contributed by atoms with E-state index in [9.17, 15) is 5.11 Å². The van der Waals surface area contributed by atoms with Crippen molar-refractivity contribution in [2.75, 3.05) is 18.0 Å². The minimum atomic E-state index is -0.184. The van der Waals surface area contributed by atoms with Crippen LogP contribution in [0.2, 0.25) is 5.15 Å². The van der Waals surface area contributed by atoms with Gasteiger partial charge in [-0.05, 0) is 48.4 Å². The molecule has 34 heavy (non-hydrogen) atoms. The number of aromatic nitrogens is 5. The van der Waals surface area contributed by atoms with Crippen LogP contribution in [0.25, 0.3) is 11.0 Å². The Bertz CT molecular complexity index is 1370. The number of hydrogen-bond donors (Lipinski definition) is 3. The van der Waals surface area contributed by atoms with Crippen molar-refractivity contribution in [2.24, 2.45) is 11.1 Å². The Labute approximate surface area is 206 Å². The number of aromatic amines is 1. The maximum absolute atomic E-state index is 10.1. The van der Waals surface area contributed by atoms with Gasteiger partial charge in [-0.25, -0.2) is 15.0 Å². The van der Waals surface area contributed by atoms with E-state index in [1.54, 1.807) is 6.20 Å². The van der Waals surface area contributed by atoms with Crippen LogP contribution in [0.3, 0.4) is 0 Å². The number of aliphatic hydroxyl groups is 1. The maximum Gasteiger partial charge on any atom is 0.152 e. The molecule has 0 amide bonds. The van der Waals surface area contributed by atoms with Crippen LogP contribution in [0, 0.1) is 5.41 Å². The van der Waals surface area contributed by atoms with Gasteiger partial charge in [0.1, 0.15) is 21.5 Å². The number of H-pyrrole nitrogens is 1. The Morgan fingerprint density at radius 2 is 2.09 bits per heavy atom. The fourth-order valence-electron chi connectivity index (χ4n) is 5.25. The number of pyridine rings is 2. The molecule has 1 spiro atoms. The van der Waals surface area contributed by atoms with Gasteiger partial charge in [-0.1, -0.05) is 29.4 Å². The number of nitrogens with one attached hydrogen (secondary N) is 1. The molecule has 1 aliphatic heterocycles. The molecule has 4 aromatic rings. The Balaban J connectivity index is 1.20. The van der Waals surface area contributed by atoms with Crippen LogP contribution in [-0.4, -0.2) is 43.1 Å². The number of hydrogen-bond acceptors (Lipinski definition) is 8. The van der Waals surface area contributed by atoms with E-state index in [1.807, 2.05) is 30.6 Å². The fraction of sp³-hybridized carbons (Fsp3) is 0.333. The first-order valence-corrected chi connectivity index (χ1v) is 12.5. The third kappa shape index (κ3) is 3.63. The molecule has 5 heterocycles. The molecule has 1 aliphatic carbocycles. The van der Waals surface area contributed by atoms with Crippen LogP contribution < -0.4 is 10.6 Å². The number of aliphatic hydroxyl groups excluding tert-OH is 1. The number of fused-ring (bicyclic) bond motifs is 2. The van der Waals surface area contributed by atoms with Gasteiger partial charge < -0.3 is 20.7 Å². The highest BCUT2D eigenvalue weighted by Crippen LogP contribution is 2.50. The third-order valence-electron chi connectivity index (χ3n) is 7.12. The topological polar surface area (TPSA) is 117 Å². The van der Waals surface area contributed by atoms with Crippen molar-refractivity contribution in [3.05, 3.63) is 65.0 Å². The summed E-state index contributed by atoms with van der Waals surface area (Å²) in [6.45, 7) is 1.45. The molecule has 0 saturated carbocycles. The zero-order valence-electron chi connectivity index (χ0n) is 18.4. The summed E-state index contributed by atoms with van der Waals surface area (Å²) in [5.74, 6) is 0.731. The molecule has 0 radical (unpaired) electrons. The first-order chi connectivity index (χ1) is 16.6. The molecule has 1 fully saturated rings. The predicted octanol–water partition coefficient (Wildman–Crippen LogP) is 3.89. The summed E-state index contributed by atoms with van der Waals surface area (Å²) in [5.41, 5.74) is 10.3. The zero-order chi connectivity index (χ0) is 23.3. The average Bonchev–Trinajstić information content (AvgIpc) is 3.42. The van der Waals surface area contributed by atoms with Gasteiger partial charge in [-0.2, -0.15) is 0 Å². The third-order valence-corrected chi connectivity index (χ3v) is 8.46. The molecule has 2 aliphatic rings. The molecule has 0 bridgehead atoms. The molecule has 0 unspecified atom stereocenters. The fourth-order valence-corrected chi connectivity index (χ4v) is 6.31. The molecule has 1 saturated heterocycles. The number of anilines is 1. The average molecular weight is 494 g/mol. The maximum atomic E-state index is 10.1.